The van der Waals surface area contributed by atoms with E-state index in [0.29, 0.717) is 6.42 Å². The van der Waals surface area contributed by atoms with Crippen molar-refractivity contribution >= 4 is 5.97 Å². The third-order valence-electron chi connectivity index (χ3n) is 4.85. The summed E-state index contributed by atoms with van der Waals surface area (Å²) in [6, 6.07) is 0. The Hall–Kier alpha value is -0.570. The second kappa shape index (κ2) is 3.48. The summed E-state index contributed by atoms with van der Waals surface area (Å²) in [7, 11) is 0. The molecule has 2 bridgehead atoms. The van der Waals surface area contributed by atoms with Gasteiger partial charge in [0.1, 0.15) is 0 Å². The van der Waals surface area contributed by atoms with Crippen LogP contribution in [0.2, 0.25) is 0 Å². The molecule has 84 valence electrons. The van der Waals surface area contributed by atoms with Gasteiger partial charge in [0.05, 0.1) is 6.42 Å². The van der Waals surface area contributed by atoms with Gasteiger partial charge in [-0.25, -0.2) is 0 Å². The van der Waals surface area contributed by atoms with E-state index in [1.807, 2.05) is 0 Å². The van der Waals surface area contributed by atoms with Crippen LogP contribution in [-0.4, -0.2) is 35.6 Å². The van der Waals surface area contributed by atoms with Gasteiger partial charge in [0.25, 0.3) is 0 Å². The van der Waals surface area contributed by atoms with Crippen LogP contribution in [0.5, 0.6) is 0 Å². The summed E-state index contributed by atoms with van der Waals surface area (Å²) in [4.78, 5) is 12.9. The molecular formula is C12H19NO2. The molecule has 0 aromatic heterocycles. The molecule has 1 aliphatic heterocycles. The van der Waals surface area contributed by atoms with Gasteiger partial charge in [-0.05, 0) is 42.9 Å². The largest absolute Gasteiger partial charge is 0.481 e. The Kier molecular flexibility index (Phi) is 2.23. The fraction of sp³-hybridized carbons (Fsp3) is 0.917. The molecule has 0 spiro atoms. The van der Waals surface area contributed by atoms with Gasteiger partial charge in [0.2, 0.25) is 0 Å². The van der Waals surface area contributed by atoms with Crippen LogP contribution in [0.25, 0.3) is 0 Å². The maximum Gasteiger partial charge on any atom is 0.304 e. The minimum absolute atomic E-state index is 0.314. The van der Waals surface area contributed by atoms with E-state index in [0.717, 1.165) is 30.2 Å². The standard InChI is InChI=1S/C12H19NO2/c14-12(15)3-4-13-6-10-8-1-2-9(5-8)11(10)7-13/h8-11H,1-7H2,(H,14,15). The normalized spacial score (nSPS) is 43.5. The highest BCUT2D eigenvalue weighted by molar-refractivity contribution is 5.66. The molecule has 2 saturated carbocycles. The molecule has 1 N–H and O–H groups in total. The minimum Gasteiger partial charge on any atom is -0.481 e. The van der Waals surface area contributed by atoms with E-state index in [-0.39, 0.29) is 0 Å². The van der Waals surface area contributed by atoms with E-state index >= 15 is 0 Å². The molecule has 3 rings (SSSR count). The molecule has 0 amide bonds. The number of likely N-dealkylation sites (tertiary alicyclic amines) is 1. The Morgan fingerprint density at radius 3 is 2.33 bits per heavy atom. The number of rotatable bonds is 3. The van der Waals surface area contributed by atoms with Crippen molar-refractivity contribution < 1.29 is 9.90 Å². The van der Waals surface area contributed by atoms with E-state index in [1.165, 1.54) is 32.4 Å². The highest BCUT2D eigenvalue weighted by atomic mass is 16.4. The Balaban J connectivity index is 1.57. The third-order valence-corrected chi connectivity index (χ3v) is 4.85. The fourth-order valence-corrected chi connectivity index (χ4v) is 4.21. The Morgan fingerprint density at radius 1 is 1.20 bits per heavy atom. The van der Waals surface area contributed by atoms with Crippen molar-refractivity contribution in [2.45, 2.75) is 25.7 Å². The molecule has 3 fully saturated rings. The number of nitrogens with zero attached hydrogens (tertiary/aromatic N) is 1. The predicted molar refractivity (Wildman–Crippen MR) is 56.5 cm³/mol. The molecule has 0 aromatic rings. The summed E-state index contributed by atoms with van der Waals surface area (Å²) in [5.74, 6) is 3.13. The van der Waals surface area contributed by atoms with E-state index < -0.39 is 5.97 Å². The smallest absolute Gasteiger partial charge is 0.304 e. The molecule has 1 heterocycles. The lowest BCUT2D eigenvalue weighted by atomic mass is 9.82. The van der Waals surface area contributed by atoms with Gasteiger partial charge < -0.3 is 10.0 Å². The van der Waals surface area contributed by atoms with Crippen molar-refractivity contribution in [1.29, 1.82) is 0 Å². The summed E-state index contributed by atoms with van der Waals surface area (Å²) in [5, 5.41) is 8.67. The molecular weight excluding hydrogens is 190 g/mol. The molecule has 0 aromatic carbocycles. The number of carboxylic acid groups (broad SMARTS) is 1. The van der Waals surface area contributed by atoms with Crippen molar-refractivity contribution in [3.8, 4) is 0 Å². The van der Waals surface area contributed by atoms with Crippen molar-refractivity contribution in [2.24, 2.45) is 23.7 Å². The zero-order valence-corrected chi connectivity index (χ0v) is 9.06. The molecule has 15 heavy (non-hydrogen) atoms. The van der Waals surface area contributed by atoms with E-state index in [4.69, 9.17) is 5.11 Å². The lowest BCUT2D eigenvalue weighted by molar-refractivity contribution is -0.137. The first-order chi connectivity index (χ1) is 7.24. The van der Waals surface area contributed by atoms with Gasteiger partial charge in [0.15, 0.2) is 0 Å². The molecule has 2 aliphatic carbocycles. The van der Waals surface area contributed by atoms with E-state index in [9.17, 15) is 4.79 Å². The van der Waals surface area contributed by atoms with Crippen LogP contribution in [0, 0.1) is 23.7 Å². The van der Waals surface area contributed by atoms with Crippen molar-refractivity contribution in [3.63, 3.8) is 0 Å². The first kappa shape index (κ1) is 9.64. The number of carboxylic acids is 1. The first-order valence-electron chi connectivity index (χ1n) is 6.18. The van der Waals surface area contributed by atoms with E-state index in [2.05, 4.69) is 4.90 Å². The summed E-state index contributed by atoms with van der Waals surface area (Å²) in [6.45, 7) is 3.12. The number of carbonyl (C=O) groups is 1. The van der Waals surface area contributed by atoms with Crippen molar-refractivity contribution in [2.75, 3.05) is 19.6 Å². The van der Waals surface area contributed by atoms with Gasteiger partial charge in [-0.2, -0.15) is 0 Å². The zero-order chi connectivity index (χ0) is 10.4. The topological polar surface area (TPSA) is 40.5 Å². The molecule has 3 aliphatic rings. The predicted octanol–water partition coefficient (Wildman–Crippen LogP) is 1.44. The van der Waals surface area contributed by atoms with Crippen LogP contribution in [0.15, 0.2) is 0 Å². The molecule has 1 saturated heterocycles. The highest BCUT2D eigenvalue weighted by Crippen LogP contribution is 2.54. The Morgan fingerprint density at radius 2 is 1.80 bits per heavy atom. The van der Waals surface area contributed by atoms with Gasteiger partial charge in [-0.1, -0.05) is 0 Å². The zero-order valence-electron chi connectivity index (χ0n) is 9.06. The quantitative estimate of drug-likeness (QED) is 0.764. The average Bonchev–Trinajstić information content (AvgIpc) is 2.86. The maximum atomic E-state index is 10.5. The Bertz CT molecular complexity index is 261. The third kappa shape index (κ3) is 1.57. The molecule has 3 nitrogen and oxygen atoms in total. The minimum atomic E-state index is -0.657. The van der Waals surface area contributed by atoms with E-state index in [1.54, 1.807) is 0 Å². The van der Waals surface area contributed by atoms with Gasteiger partial charge >= 0.3 is 5.97 Å². The monoisotopic (exact) mass is 209 g/mol. The summed E-state index contributed by atoms with van der Waals surface area (Å²) in [6.07, 6.45) is 4.67. The molecule has 4 unspecified atom stereocenters. The number of fused-ring (bicyclic) bond motifs is 5. The summed E-state index contributed by atoms with van der Waals surface area (Å²) >= 11 is 0. The first-order valence-corrected chi connectivity index (χ1v) is 6.18. The number of hydrogen-bond acceptors (Lipinski definition) is 2. The van der Waals surface area contributed by atoms with Crippen molar-refractivity contribution in [3.05, 3.63) is 0 Å². The SMILES string of the molecule is O=C(O)CCN1CC2C3CCC(C3)C2C1. The Labute approximate surface area is 90.5 Å². The second-order valence-corrected chi connectivity index (χ2v) is 5.56. The lowest BCUT2D eigenvalue weighted by Gasteiger charge is -2.22. The van der Waals surface area contributed by atoms with Gasteiger partial charge in [0, 0.05) is 19.6 Å². The van der Waals surface area contributed by atoms with Crippen LogP contribution in [0.4, 0.5) is 0 Å². The average molecular weight is 209 g/mol. The van der Waals surface area contributed by atoms with Crippen LogP contribution in [0.1, 0.15) is 25.7 Å². The molecule has 3 heteroatoms. The molecule has 0 radical (unpaired) electrons. The van der Waals surface area contributed by atoms with Crippen LogP contribution in [-0.2, 0) is 4.79 Å². The van der Waals surface area contributed by atoms with Crippen molar-refractivity contribution in [1.82, 2.24) is 4.90 Å². The highest BCUT2D eigenvalue weighted by Gasteiger charge is 2.51. The lowest BCUT2D eigenvalue weighted by Crippen LogP contribution is -2.25. The van der Waals surface area contributed by atoms with Crippen LogP contribution >= 0.6 is 0 Å². The summed E-state index contributed by atoms with van der Waals surface area (Å²) < 4.78 is 0. The summed E-state index contributed by atoms with van der Waals surface area (Å²) in [5.41, 5.74) is 0. The van der Waals surface area contributed by atoms with Gasteiger partial charge in [-0.3, -0.25) is 4.79 Å². The maximum absolute atomic E-state index is 10.5. The fourth-order valence-electron chi connectivity index (χ4n) is 4.21. The molecule has 4 atom stereocenters. The second-order valence-electron chi connectivity index (χ2n) is 5.56. The number of aliphatic carboxylic acids is 1. The van der Waals surface area contributed by atoms with Crippen LogP contribution < -0.4 is 0 Å². The number of hydrogen-bond donors (Lipinski definition) is 1. The van der Waals surface area contributed by atoms with Crippen LogP contribution in [0.3, 0.4) is 0 Å². The van der Waals surface area contributed by atoms with Gasteiger partial charge in [-0.15, -0.1) is 0 Å².